The Kier molecular flexibility index (Phi) is 4.09. The van der Waals surface area contributed by atoms with E-state index < -0.39 is 12.1 Å². The van der Waals surface area contributed by atoms with Gasteiger partial charge in [-0.3, -0.25) is 15.0 Å². The molecule has 0 saturated carbocycles. The number of carbonyl (C=O) groups excluding carboxylic acids is 2. The second-order valence-electron chi connectivity index (χ2n) is 4.95. The van der Waals surface area contributed by atoms with Gasteiger partial charge in [0.15, 0.2) is 0 Å². The molecule has 2 aromatic rings. The van der Waals surface area contributed by atoms with Crippen molar-refractivity contribution >= 4 is 23.4 Å². The van der Waals surface area contributed by atoms with E-state index in [1.54, 1.807) is 30.3 Å². The van der Waals surface area contributed by atoms with Crippen LogP contribution in [-0.4, -0.2) is 17.9 Å². The van der Waals surface area contributed by atoms with Crippen LogP contribution < -0.4 is 16.2 Å². The van der Waals surface area contributed by atoms with Crippen molar-refractivity contribution in [1.82, 2.24) is 16.2 Å². The highest BCUT2D eigenvalue weighted by molar-refractivity contribution is 6.31. The predicted molar refractivity (Wildman–Crippen MR) is 83.2 cm³/mol. The van der Waals surface area contributed by atoms with Gasteiger partial charge in [0, 0.05) is 10.6 Å². The minimum absolute atomic E-state index is 0.297. The van der Waals surface area contributed by atoms with Gasteiger partial charge in [-0.25, -0.2) is 5.43 Å². The Hall–Kier alpha value is -2.37. The van der Waals surface area contributed by atoms with Crippen LogP contribution in [0.3, 0.4) is 0 Å². The van der Waals surface area contributed by atoms with Crippen LogP contribution in [0.2, 0.25) is 5.02 Å². The first kappa shape index (κ1) is 14.6. The number of carbonyl (C=O) groups is 2. The van der Waals surface area contributed by atoms with Crippen molar-refractivity contribution in [3.63, 3.8) is 0 Å². The minimum Gasteiger partial charge on any atom is -0.338 e. The van der Waals surface area contributed by atoms with Crippen LogP contribution in [0.4, 0.5) is 0 Å². The normalized spacial score (nSPS) is 20.5. The summed E-state index contributed by atoms with van der Waals surface area (Å²) in [5.74, 6) is -0.601. The summed E-state index contributed by atoms with van der Waals surface area (Å²) in [5.41, 5.74) is 6.66. The SMILES string of the molecule is O=C(N[C@H]1C(=O)NN[C@H]1c1ccccc1Cl)c1ccccc1. The monoisotopic (exact) mass is 315 g/mol. The standard InChI is InChI=1S/C16H14ClN3O2/c17-12-9-5-4-8-11(12)13-14(16(22)20-19-13)18-15(21)10-6-2-1-3-7-10/h1-9,13-14,19H,(H,18,21)(H,20,22)/t13-,14+/m0/s1. The van der Waals surface area contributed by atoms with E-state index in [9.17, 15) is 9.59 Å². The summed E-state index contributed by atoms with van der Waals surface area (Å²) >= 11 is 6.18. The second-order valence-corrected chi connectivity index (χ2v) is 5.36. The smallest absolute Gasteiger partial charge is 0.258 e. The predicted octanol–water partition coefficient (Wildman–Crippen LogP) is 1.81. The number of benzene rings is 2. The summed E-state index contributed by atoms with van der Waals surface area (Å²) in [5, 5.41) is 3.29. The molecule has 6 heteroatoms. The van der Waals surface area contributed by atoms with E-state index in [0.29, 0.717) is 10.6 Å². The molecule has 3 rings (SSSR count). The Morgan fingerprint density at radius 3 is 2.45 bits per heavy atom. The van der Waals surface area contributed by atoms with Crippen molar-refractivity contribution in [2.45, 2.75) is 12.1 Å². The van der Waals surface area contributed by atoms with Gasteiger partial charge in [0.1, 0.15) is 6.04 Å². The van der Waals surface area contributed by atoms with Gasteiger partial charge in [-0.1, -0.05) is 48.0 Å². The number of hydrogen-bond acceptors (Lipinski definition) is 3. The van der Waals surface area contributed by atoms with Crippen LogP contribution in [0.25, 0.3) is 0 Å². The summed E-state index contributed by atoms with van der Waals surface area (Å²) in [4.78, 5) is 24.3. The molecule has 2 atom stereocenters. The molecule has 1 aliphatic heterocycles. The largest absolute Gasteiger partial charge is 0.338 e. The zero-order valence-corrected chi connectivity index (χ0v) is 12.3. The lowest BCUT2D eigenvalue weighted by Gasteiger charge is -2.19. The zero-order chi connectivity index (χ0) is 15.5. The van der Waals surface area contributed by atoms with E-state index in [4.69, 9.17) is 11.6 Å². The third-order valence-corrected chi connectivity index (χ3v) is 3.87. The number of hydrazine groups is 1. The molecule has 22 heavy (non-hydrogen) atoms. The fourth-order valence-electron chi connectivity index (χ4n) is 2.41. The number of hydrogen-bond donors (Lipinski definition) is 3. The number of halogens is 1. The van der Waals surface area contributed by atoms with Gasteiger partial charge in [-0.15, -0.1) is 0 Å². The topological polar surface area (TPSA) is 70.2 Å². The molecule has 3 N–H and O–H groups in total. The van der Waals surface area contributed by atoms with E-state index in [2.05, 4.69) is 16.2 Å². The molecular weight excluding hydrogens is 302 g/mol. The Morgan fingerprint density at radius 2 is 1.73 bits per heavy atom. The third-order valence-electron chi connectivity index (χ3n) is 3.53. The van der Waals surface area contributed by atoms with Crippen LogP contribution in [0.1, 0.15) is 22.0 Å². The summed E-state index contributed by atoms with van der Waals surface area (Å²) in [7, 11) is 0. The first-order chi connectivity index (χ1) is 10.7. The highest BCUT2D eigenvalue weighted by Gasteiger charge is 2.37. The van der Waals surface area contributed by atoms with Crippen molar-refractivity contribution < 1.29 is 9.59 Å². The van der Waals surface area contributed by atoms with Crippen molar-refractivity contribution in [3.8, 4) is 0 Å². The molecule has 1 fully saturated rings. The molecule has 0 aromatic heterocycles. The molecule has 112 valence electrons. The molecule has 0 bridgehead atoms. The van der Waals surface area contributed by atoms with Gasteiger partial charge in [0.25, 0.3) is 11.8 Å². The Balaban J connectivity index is 1.83. The maximum atomic E-state index is 12.3. The molecule has 5 nitrogen and oxygen atoms in total. The van der Waals surface area contributed by atoms with Crippen molar-refractivity contribution in [2.75, 3.05) is 0 Å². The summed E-state index contributed by atoms with van der Waals surface area (Å²) in [6.45, 7) is 0. The fourth-order valence-corrected chi connectivity index (χ4v) is 2.66. The first-order valence-corrected chi connectivity index (χ1v) is 7.20. The van der Waals surface area contributed by atoms with E-state index in [1.807, 2.05) is 24.3 Å². The maximum Gasteiger partial charge on any atom is 0.258 e. The van der Waals surface area contributed by atoms with E-state index in [-0.39, 0.29) is 11.8 Å². The molecule has 1 aliphatic rings. The van der Waals surface area contributed by atoms with E-state index in [0.717, 1.165) is 5.56 Å². The second kappa shape index (κ2) is 6.17. The maximum absolute atomic E-state index is 12.3. The molecule has 0 spiro atoms. The molecule has 0 unspecified atom stereocenters. The lowest BCUT2D eigenvalue weighted by atomic mass is 10.0. The van der Waals surface area contributed by atoms with Gasteiger partial charge in [0.05, 0.1) is 6.04 Å². The summed E-state index contributed by atoms with van der Waals surface area (Å²) in [6.07, 6.45) is 0. The lowest BCUT2D eigenvalue weighted by Crippen LogP contribution is -2.43. The quantitative estimate of drug-likeness (QED) is 0.809. The van der Waals surface area contributed by atoms with Crippen LogP contribution in [0, 0.1) is 0 Å². The Bertz CT molecular complexity index is 706. The highest BCUT2D eigenvalue weighted by atomic mass is 35.5. The van der Waals surface area contributed by atoms with E-state index in [1.165, 1.54) is 0 Å². The van der Waals surface area contributed by atoms with Crippen molar-refractivity contribution in [2.24, 2.45) is 0 Å². The minimum atomic E-state index is -0.729. The lowest BCUT2D eigenvalue weighted by molar-refractivity contribution is -0.121. The van der Waals surface area contributed by atoms with Gasteiger partial charge >= 0.3 is 0 Å². The molecule has 2 aromatic carbocycles. The highest BCUT2D eigenvalue weighted by Crippen LogP contribution is 2.27. The Labute approximate surface area is 132 Å². The Morgan fingerprint density at radius 1 is 1.05 bits per heavy atom. The number of amides is 2. The van der Waals surface area contributed by atoms with Gasteiger partial charge in [0.2, 0.25) is 0 Å². The van der Waals surface area contributed by atoms with E-state index >= 15 is 0 Å². The summed E-state index contributed by atoms with van der Waals surface area (Å²) in [6, 6.07) is 14.8. The molecule has 1 heterocycles. The molecule has 0 radical (unpaired) electrons. The molecule has 2 amide bonds. The number of rotatable bonds is 3. The van der Waals surface area contributed by atoms with Crippen LogP contribution in [0.15, 0.2) is 54.6 Å². The zero-order valence-electron chi connectivity index (χ0n) is 11.5. The van der Waals surface area contributed by atoms with Crippen molar-refractivity contribution in [3.05, 3.63) is 70.7 Å². The average molecular weight is 316 g/mol. The third kappa shape index (κ3) is 2.81. The van der Waals surface area contributed by atoms with Gasteiger partial charge in [-0.2, -0.15) is 0 Å². The van der Waals surface area contributed by atoms with Gasteiger partial charge in [-0.05, 0) is 23.8 Å². The van der Waals surface area contributed by atoms with Gasteiger partial charge < -0.3 is 5.32 Å². The fraction of sp³-hybridized carbons (Fsp3) is 0.125. The first-order valence-electron chi connectivity index (χ1n) is 6.82. The summed E-state index contributed by atoms with van der Waals surface area (Å²) < 4.78 is 0. The van der Waals surface area contributed by atoms with Crippen LogP contribution in [-0.2, 0) is 4.79 Å². The van der Waals surface area contributed by atoms with Crippen LogP contribution in [0.5, 0.6) is 0 Å². The van der Waals surface area contributed by atoms with Crippen molar-refractivity contribution in [1.29, 1.82) is 0 Å². The molecular formula is C16H14ClN3O2. The molecule has 1 saturated heterocycles. The van der Waals surface area contributed by atoms with Crippen LogP contribution >= 0.6 is 11.6 Å². The number of nitrogens with one attached hydrogen (secondary N) is 3. The molecule has 0 aliphatic carbocycles. The average Bonchev–Trinajstić information content (AvgIpc) is 2.90.